The molecule has 0 aliphatic rings. The molecule has 0 aliphatic heterocycles. The standard InChI is InChI=1S/C13H9F6N3O2S/c14-12(15,16)9-8(25-11(20)22-9)10(23)21-5-6-2-1-3-7(4-6)24-13(17,18)19/h1-4H,5H2,(H2,20,22)(H,21,23). The number of amides is 1. The van der Waals surface area contributed by atoms with Gasteiger partial charge in [0.2, 0.25) is 0 Å². The maximum absolute atomic E-state index is 12.8. The van der Waals surface area contributed by atoms with Crippen LogP contribution >= 0.6 is 11.3 Å². The van der Waals surface area contributed by atoms with E-state index in [0.29, 0.717) is 11.3 Å². The highest BCUT2D eigenvalue weighted by molar-refractivity contribution is 7.17. The monoisotopic (exact) mass is 385 g/mol. The van der Waals surface area contributed by atoms with Crippen molar-refractivity contribution in [2.75, 3.05) is 5.73 Å². The SMILES string of the molecule is Nc1nc(C(F)(F)F)c(C(=O)NCc2cccc(OC(F)(F)F)c2)s1. The molecule has 1 aromatic heterocycles. The Hall–Kier alpha value is -2.50. The number of ether oxygens (including phenoxy) is 1. The second kappa shape index (κ2) is 6.78. The number of nitrogens with zero attached hydrogens (tertiary/aromatic N) is 1. The van der Waals surface area contributed by atoms with Crippen molar-refractivity contribution < 1.29 is 35.9 Å². The first-order valence-corrected chi connectivity index (χ1v) is 7.24. The normalized spacial score (nSPS) is 12.1. The summed E-state index contributed by atoms with van der Waals surface area (Å²) in [6.45, 7) is -0.316. The maximum Gasteiger partial charge on any atom is 0.573 e. The number of carbonyl (C=O) groups is 1. The Labute approximate surface area is 140 Å². The Kier molecular flexibility index (Phi) is 5.11. The molecule has 0 aliphatic carbocycles. The molecule has 0 fully saturated rings. The third-order valence-electron chi connectivity index (χ3n) is 2.70. The van der Waals surface area contributed by atoms with Gasteiger partial charge in [-0.15, -0.1) is 13.2 Å². The van der Waals surface area contributed by atoms with Gasteiger partial charge in [0.25, 0.3) is 5.91 Å². The molecule has 136 valence electrons. The number of alkyl halides is 6. The third-order valence-corrected chi connectivity index (χ3v) is 3.59. The first-order chi connectivity index (χ1) is 11.5. The van der Waals surface area contributed by atoms with Crippen molar-refractivity contribution in [3.63, 3.8) is 0 Å². The first kappa shape index (κ1) is 18.8. The molecule has 0 saturated carbocycles. The van der Waals surface area contributed by atoms with Gasteiger partial charge in [-0.3, -0.25) is 4.79 Å². The summed E-state index contributed by atoms with van der Waals surface area (Å²) in [6.07, 6.45) is -9.75. The van der Waals surface area contributed by atoms with E-state index >= 15 is 0 Å². The van der Waals surface area contributed by atoms with Gasteiger partial charge in [0.15, 0.2) is 10.8 Å². The van der Waals surface area contributed by atoms with E-state index in [4.69, 9.17) is 5.73 Å². The Morgan fingerprint density at radius 3 is 2.52 bits per heavy atom. The average molecular weight is 385 g/mol. The lowest BCUT2D eigenvalue weighted by molar-refractivity contribution is -0.274. The fourth-order valence-corrected chi connectivity index (χ4v) is 2.57. The largest absolute Gasteiger partial charge is 0.573 e. The summed E-state index contributed by atoms with van der Waals surface area (Å²) in [5, 5.41) is 1.74. The van der Waals surface area contributed by atoms with Crippen molar-refractivity contribution in [3.05, 3.63) is 40.4 Å². The molecule has 1 heterocycles. The zero-order valence-corrected chi connectivity index (χ0v) is 12.9. The van der Waals surface area contributed by atoms with Crippen LogP contribution < -0.4 is 15.8 Å². The van der Waals surface area contributed by atoms with Crippen molar-refractivity contribution in [1.29, 1.82) is 0 Å². The quantitative estimate of drug-likeness (QED) is 0.789. The van der Waals surface area contributed by atoms with Gasteiger partial charge < -0.3 is 15.8 Å². The summed E-state index contributed by atoms with van der Waals surface area (Å²) in [5.74, 6) is -1.61. The lowest BCUT2D eigenvalue weighted by Gasteiger charge is -2.11. The van der Waals surface area contributed by atoms with E-state index in [-0.39, 0.29) is 12.1 Å². The summed E-state index contributed by atoms with van der Waals surface area (Å²) >= 11 is 0.357. The van der Waals surface area contributed by atoms with E-state index < -0.39 is 39.9 Å². The zero-order valence-electron chi connectivity index (χ0n) is 12.0. The van der Waals surface area contributed by atoms with Gasteiger partial charge in [-0.25, -0.2) is 4.98 Å². The molecule has 2 aromatic rings. The topological polar surface area (TPSA) is 77.2 Å². The smallest absolute Gasteiger partial charge is 0.406 e. The minimum atomic E-state index is -4.89. The fraction of sp³-hybridized carbons (Fsp3) is 0.231. The minimum absolute atomic E-state index is 0.196. The molecule has 3 N–H and O–H groups in total. The molecule has 0 radical (unpaired) electrons. The lowest BCUT2D eigenvalue weighted by Crippen LogP contribution is -2.25. The zero-order chi connectivity index (χ0) is 18.8. The molecule has 0 unspecified atom stereocenters. The van der Waals surface area contributed by atoms with E-state index in [0.717, 1.165) is 12.1 Å². The molecule has 0 atom stereocenters. The number of nitrogens with one attached hydrogen (secondary N) is 1. The van der Waals surface area contributed by atoms with E-state index in [1.165, 1.54) is 12.1 Å². The average Bonchev–Trinajstić information content (AvgIpc) is 2.85. The van der Waals surface area contributed by atoms with Crippen molar-refractivity contribution >= 4 is 22.4 Å². The van der Waals surface area contributed by atoms with Gasteiger partial charge in [-0.2, -0.15) is 13.2 Å². The number of halogens is 6. The second-order valence-electron chi connectivity index (χ2n) is 4.61. The number of nitrogen functional groups attached to an aromatic ring is 1. The van der Waals surface area contributed by atoms with E-state index in [1.54, 1.807) is 0 Å². The lowest BCUT2D eigenvalue weighted by atomic mass is 10.2. The highest BCUT2D eigenvalue weighted by atomic mass is 32.1. The van der Waals surface area contributed by atoms with E-state index in [1.807, 2.05) is 0 Å². The van der Waals surface area contributed by atoms with Crippen LogP contribution in [-0.2, 0) is 12.7 Å². The Bertz CT molecular complexity index is 772. The van der Waals surface area contributed by atoms with Crippen LogP contribution in [0.4, 0.5) is 31.5 Å². The van der Waals surface area contributed by atoms with E-state index in [9.17, 15) is 31.1 Å². The molecule has 2 rings (SSSR count). The van der Waals surface area contributed by atoms with Crippen LogP contribution in [0, 0.1) is 0 Å². The van der Waals surface area contributed by atoms with Gasteiger partial charge in [-0.1, -0.05) is 23.5 Å². The number of anilines is 1. The molecular formula is C13H9F6N3O2S. The van der Waals surface area contributed by atoms with Crippen LogP contribution in [0.2, 0.25) is 0 Å². The van der Waals surface area contributed by atoms with Crippen molar-refractivity contribution in [3.8, 4) is 5.75 Å². The minimum Gasteiger partial charge on any atom is -0.406 e. The van der Waals surface area contributed by atoms with Crippen molar-refractivity contribution in [2.24, 2.45) is 0 Å². The van der Waals surface area contributed by atoms with Crippen molar-refractivity contribution in [2.45, 2.75) is 19.1 Å². The van der Waals surface area contributed by atoms with Gasteiger partial charge in [-0.05, 0) is 17.7 Å². The van der Waals surface area contributed by atoms with Crippen LogP contribution in [0.25, 0.3) is 0 Å². The Balaban J connectivity index is 2.10. The molecule has 0 bridgehead atoms. The van der Waals surface area contributed by atoms with Gasteiger partial charge in [0.1, 0.15) is 10.6 Å². The predicted octanol–water partition coefficient (Wildman–Crippen LogP) is 3.57. The van der Waals surface area contributed by atoms with Crippen LogP contribution in [-0.4, -0.2) is 17.3 Å². The van der Waals surface area contributed by atoms with Crippen molar-refractivity contribution in [1.82, 2.24) is 10.3 Å². The van der Waals surface area contributed by atoms with E-state index in [2.05, 4.69) is 15.0 Å². The Morgan fingerprint density at radius 1 is 1.24 bits per heavy atom. The molecule has 5 nitrogen and oxygen atoms in total. The number of carbonyl (C=O) groups excluding carboxylic acids is 1. The highest BCUT2D eigenvalue weighted by Crippen LogP contribution is 2.35. The van der Waals surface area contributed by atoms with Gasteiger partial charge in [0.05, 0.1) is 0 Å². The summed E-state index contributed by atoms with van der Waals surface area (Å²) in [7, 11) is 0. The molecule has 0 spiro atoms. The second-order valence-corrected chi connectivity index (χ2v) is 5.64. The summed E-state index contributed by atoms with van der Waals surface area (Å²) in [6, 6.07) is 4.66. The molecule has 12 heteroatoms. The molecule has 1 aromatic carbocycles. The molecule has 0 saturated heterocycles. The first-order valence-electron chi connectivity index (χ1n) is 6.42. The number of hydrogen-bond acceptors (Lipinski definition) is 5. The molecular weight excluding hydrogens is 376 g/mol. The third kappa shape index (κ3) is 5.24. The highest BCUT2D eigenvalue weighted by Gasteiger charge is 2.39. The number of benzene rings is 1. The maximum atomic E-state index is 12.8. The molecule has 1 amide bonds. The summed E-state index contributed by atoms with van der Waals surface area (Å²) in [5.41, 5.74) is 3.98. The summed E-state index contributed by atoms with van der Waals surface area (Å²) in [4.78, 5) is 14.3. The molecule has 25 heavy (non-hydrogen) atoms. The number of aromatic nitrogens is 1. The van der Waals surface area contributed by atoms with Crippen LogP contribution in [0.15, 0.2) is 24.3 Å². The fourth-order valence-electron chi connectivity index (χ4n) is 1.80. The number of hydrogen-bond donors (Lipinski definition) is 2. The number of rotatable bonds is 4. The Morgan fingerprint density at radius 2 is 1.92 bits per heavy atom. The number of thiazole rings is 1. The van der Waals surface area contributed by atoms with Crippen LogP contribution in [0.1, 0.15) is 20.9 Å². The van der Waals surface area contributed by atoms with Crippen LogP contribution in [0.3, 0.4) is 0 Å². The van der Waals surface area contributed by atoms with Gasteiger partial charge in [0, 0.05) is 6.54 Å². The van der Waals surface area contributed by atoms with Gasteiger partial charge >= 0.3 is 12.5 Å². The predicted molar refractivity (Wildman–Crippen MR) is 75.8 cm³/mol. The number of nitrogens with two attached hydrogens (primary N) is 1. The van der Waals surface area contributed by atoms with Crippen LogP contribution in [0.5, 0.6) is 5.75 Å². The summed E-state index contributed by atoms with van der Waals surface area (Å²) < 4.78 is 78.5.